The highest BCUT2D eigenvalue weighted by atomic mass is 16.5. The average Bonchev–Trinajstić information content (AvgIpc) is 3.16. The molecule has 7 nitrogen and oxygen atoms in total. The van der Waals surface area contributed by atoms with Gasteiger partial charge in [-0.3, -0.25) is 9.69 Å². The number of rotatable bonds is 8. The minimum atomic E-state index is -0.265. The Labute approximate surface area is 198 Å². The smallest absolute Gasteiger partial charge is 0.231 e. The first-order valence-corrected chi connectivity index (χ1v) is 10.8. The zero-order valence-electron chi connectivity index (χ0n) is 19.6. The lowest BCUT2D eigenvalue weighted by atomic mass is 10.0. The number of fused-ring (bicyclic) bond motifs is 1. The van der Waals surface area contributed by atoms with Gasteiger partial charge in [0, 0.05) is 18.7 Å². The Hall–Kier alpha value is -3.97. The fourth-order valence-corrected chi connectivity index (χ4v) is 4.05. The third kappa shape index (κ3) is 4.43. The van der Waals surface area contributed by atoms with Crippen LogP contribution in [0.15, 0.2) is 60.4 Å². The van der Waals surface area contributed by atoms with Gasteiger partial charge in [0.05, 0.1) is 32.5 Å². The molecule has 0 bridgehead atoms. The zero-order chi connectivity index (χ0) is 24.2. The topological polar surface area (TPSA) is 77.5 Å². The molecule has 0 radical (unpaired) electrons. The summed E-state index contributed by atoms with van der Waals surface area (Å²) >= 11 is 0. The number of methoxy groups -OCH3 is 3. The molecule has 0 saturated carbocycles. The second-order valence-corrected chi connectivity index (χ2v) is 7.96. The van der Waals surface area contributed by atoms with Crippen LogP contribution in [-0.4, -0.2) is 44.2 Å². The maximum Gasteiger partial charge on any atom is 0.231 e. The van der Waals surface area contributed by atoms with Crippen LogP contribution >= 0.6 is 0 Å². The SMILES string of the molecule is COc1ccc(C=C2Oc3c(ccc(O)c3CN(C)Cc3ccccc3)C2=O)c(OC)c1OC. The maximum atomic E-state index is 13.1. The van der Waals surface area contributed by atoms with Gasteiger partial charge in [0.25, 0.3) is 0 Å². The van der Waals surface area contributed by atoms with Crippen LogP contribution in [0.1, 0.15) is 27.0 Å². The molecule has 1 heterocycles. The van der Waals surface area contributed by atoms with Crippen molar-refractivity contribution in [3.8, 4) is 28.7 Å². The van der Waals surface area contributed by atoms with Gasteiger partial charge in [0.15, 0.2) is 17.3 Å². The minimum Gasteiger partial charge on any atom is -0.507 e. The molecule has 7 heteroatoms. The summed E-state index contributed by atoms with van der Waals surface area (Å²) < 4.78 is 22.3. The van der Waals surface area contributed by atoms with Crippen molar-refractivity contribution < 1.29 is 28.8 Å². The van der Waals surface area contributed by atoms with E-state index >= 15 is 0 Å². The molecule has 1 aliphatic rings. The van der Waals surface area contributed by atoms with Gasteiger partial charge in [-0.2, -0.15) is 0 Å². The Kier molecular flexibility index (Phi) is 6.75. The van der Waals surface area contributed by atoms with Gasteiger partial charge in [-0.05, 0) is 43.0 Å². The first-order chi connectivity index (χ1) is 16.5. The summed E-state index contributed by atoms with van der Waals surface area (Å²) in [5.41, 5.74) is 2.72. The number of carbonyl (C=O) groups excluding carboxylic acids is 1. The number of benzene rings is 3. The molecule has 0 unspecified atom stereocenters. The first-order valence-electron chi connectivity index (χ1n) is 10.8. The lowest BCUT2D eigenvalue weighted by Gasteiger charge is -2.19. The molecule has 0 aliphatic carbocycles. The van der Waals surface area contributed by atoms with Gasteiger partial charge < -0.3 is 24.1 Å². The lowest BCUT2D eigenvalue weighted by molar-refractivity contribution is 0.101. The van der Waals surface area contributed by atoms with E-state index in [9.17, 15) is 9.90 Å². The highest BCUT2D eigenvalue weighted by Crippen LogP contribution is 2.43. The van der Waals surface area contributed by atoms with Gasteiger partial charge in [-0.1, -0.05) is 30.3 Å². The Morgan fingerprint density at radius 2 is 1.65 bits per heavy atom. The first kappa shape index (κ1) is 23.2. The number of Topliss-reactive ketones (excluding diaryl/α,β-unsaturated/α-hetero) is 1. The van der Waals surface area contributed by atoms with Gasteiger partial charge in [0.1, 0.15) is 11.5 Å². The summed E-state index contributed by atoms with van der Waals surface area (Å²) in [7, 11) is 6.53. The molecule has 0 amide bonds. The third-order valence-corrected chi connectivity index (χ3v) is 5.66. The molecule has 0 saturated heterocycles. The van der Waals surface area contributed by atoms with Crippen molar-refractivity contribution in [3.63, 3.8) is 0 Å². The zero-order valence-corrected chi connectivity index (χ0v) is 19.6. The standard InChI is InChI=1S/C27H27NO6/c1-28(15-17-8-6-5-7-9-17)16-20-21(29)12-11-19-24(30)23(34-26(19)20)14-18-10-13-22(31-2)27(33-4)25(18)32-3/h5-14,29H,15-16H2,1-4H3. The van der Waals surface area contributed by atoms with E-state index in [1.54, 1.807) is 31.4 Å². The number of nitrogens with zero attached hydrogens (tertiary/aromatic N) is 1. The quantitative estimate of drug-likeness (QED) is 0.489. The van der Waals surface area contributed by atoms with Crippen molar-refractivity contribution in [2.24, 2.45) is 0 Å². The van der Waals surface area contributed by atoms with Crippen LogP contribution in [0, 0.1) is 0 Å². The second-order valence-electron chi connectivity index (χ2n) is 7.96. The summed E-state index contributed by atoms with van der Waals surface area (Å²) in [6.07, 6.45) is 1.61. The number of phenolic OH excluding ortho intramolecular Hbond substituents is 1. The van der Waals surface area contributed by atoms with E-state index in [2.05, 4.69) is 4.90 Å². The molecular formula is C27H27NO6. The normalized spacial score (nSPS) is 13.7. The molecule has 4 rings (SSSR count). The average molecular weight is 462 g/mol. The highest BCUT2D eigenvalue weighted by molar-refractivity contribution is 6.15. The van der Waals surface area contributed by atoms with Gasteiger partial charge >= 0.3 is 0 Å². The van der Waals surface area contributed by atoms with E-state index in [4.69, 9.17) is 18.9 Å². The Bertz CT molecular complexity index is 1240. The number of ketones is 1. The van der Waals surface area contributed by atoms with Crippen LogP contribution in [-0.2, 0) is 13.1 Å². The van der Waals surface area contributed by atoms with Gasteiger partial charge in [-0.25, -0.2) is 0 Å². The molecule has 3 aromatic carbocycles. The molecule has 0 aromatic heterocycles. The van der Waals surface area contributed by atoms with Crippen molar-refractivity contribution in [2.45, 2.75) is 13.1 Å². The van der Waals surface area contributed by atoms with Gasteiger partial charge in [0.2, 0.25) is 11.5 Å². The van der Waals surface area contributed by atoms with Crippen molar-refractivity contribution in [1.82, 2.24) is 4.90 Å². The minimum absolute atomic E-state index is 0.0800. The number of allylic oxidation sites excluding steroid dienone is 1. The van der Waals surface area contributed by atoms with Crippen molar-refractivity contribution in [3.05, 3.63) is 82.6 Å². The largest absolute Gasteiger partial charge is 0.507 e. The number of phenols is 1. The van der Waals surface area contributed by atoms with E-state index < -0.39 is 0 Å². The summed E-state index contributed by atoms with van der Waals surface area (Å²) in [4.78, 5) is 15.2. The molecule has 0 fully saturated rings. The molecular weight excluding hydrogens is 434 g/mol. The van der Waals surface area contributed by atoms with Crippen LogP contribution in [0.2, 0.25) is 0 Å². The van der Waals surface area contributed by atoms with Crippen LogP contribution in [0.25, 0.3) is 6.08 Å². The molecule has 34 heavy (non-hydrogen) atoms. The van der Waals surface area contributed by atoms with Crippen LogP contribution in [0.5, 0.6) is 28.7 Å². The Morgan fingerprint density at radius 1 is 0.912 bits per heavy atom. The van der Waals surface area contributed by atoms with Gasteiger partial charge in [-0.15, -0.1) is 0 Å². The van der Waals surface area contributed by atoms with E-state index in [-0.39, 0.29) is 17.3 Å². The molecule has 3 aromatic rings. The molecule has 1 N–H and O–H groups in total. The van der Waals surface area contributed by atoms with Crippen molar-refractivity contribution >= 4 is 11.9 Å². The predicted molar refractivity (Wildman–Crippen MR) is 129 cm³/mol. The third-order valence-electron chi connectivity index (χ3n) is 5.66. The van der Waals surface area contributed by atoms with E-state index in [1.807, 2.05) is 37.4 Å². The highest BCUT2D eigenvalue weighted by Gasteiger charge is 2.32. The van der Waals surface area contributed by atoms with Crippen LogP contribution in [0.3, 0.4) is 0 Å². The fourth-order valence-electron chi connectivity index (χ4n) is 4.05. The van der Waals surface area contributed by atoms with E-state index in [0.29, 0.717) is 52.8 Å². The lowest BCUT2D eigenvalue weighted by Crippen LogP contribution is -2.17. The second kappa shape index (κ2) is 9.89. The van der Waals surface area contributed by atoms with Crippen LogP contribution in [0.4, 0.5) is 0 Å². The molecule has 0 spiro atoms. The number of carbonyl (C=O) groups is 1. The number of ether oxygens (including phenoxy) is 4. The van der Waals surface area contributed by atoms with E-state index in [1.165, 1.54) is 20.3 Å². The monoisotopic (exact) mass is 461 g/mol. The van der Waals surface area contributed by atoms with Crippen molar-refractivity contribution in [1.29, 1.82) is 0 Å². The Balaban J connectivity index is 1.65. The summed E-state index contributed by atoms with van der Waals surface area (Å²) in [5, 5.41) is 10.6. The van der Waals surface area contributed by atoms with Crippen molar-refractivity contribution in [2.75, 3.05) is 28.4 Å². The molecule has 176 valence electrons. The number of hydrogen-bond acceptors (Lipinski definition) is 7. The van der Waals surface area contributed by atoms with E-state index in [0.717, 1.165) is 5.56 Å². The fraction of sp³-hybridized carbons (Fsp3) is 0.222. The predicted octanol–water partition coefficient (Wildman–Crippen LogP) is 4.67. The Morgan fingerprint density at radius 3 is 2.32 bits per heavy atom. The summed E-state index contributed by atoms with van der Waals surface area (Å²) in [6, 6.07) is 16.7. The number of aromatic hydroxyl groups is 1. The summed E-state index contributed by atoms with van der Waals surface area (Å²) in [5.74, 6) is 1.68. The van der Waals surface area contributed by atoms with Crippen LogP contribution < -0.4 is 18.9 Å². The summed E-state index contributed by atoms with van der Waals surface area (Å²) in [6.45, 7) is 1.09. The molecule has 1 aliphatic heterocycles. The maximum absolute atomic E-state index is 13.1. The molecule has 0 atom stereocenters. The number of hydrogen-bond donors (Lipinski definition) is 1.